The minimum absolute atomic E-state index is 0.377. The van der Waals surface area contributed by atoms with E-state index in [1.54, 1.807) is 0 Å². The average molecular weight is 258 g/mol. The summed E-state index contributed by atoms with van der Waals surface area (Å²) < 4.78 is 2.28. The van der Waals surface area contributed by atoms with E-state index in [1.807, 2.05) is 18.5 Å². The smallest absolute Gasteiger partial charge is 0.0958 e. The summed E-state index contributed by atoms with van der Waals surface area (Å²) in [5, 5.41) is 0. The Balaban J connectivity index is 1.85. The Morgan fingerprint density at radius 3 is 2.79 bits per heavy atom. The molecule has 19 heavy (non-hydrogen) atoms. The van der Waals surface area contributed by atoms with Crippen LogP contribution in [-0.4, -0.2) is 34.6 Å². The van der Waals surface area contributed by atoms with Crippen molar-refractivity contribution in [2.45, 2.75) is 26.3 Å². The van der Waals surface area contributed by atoms with Gasteiger partial charge in [0, 0.05) is 12.2 Å². The van der Waals surface area contributed by atoms with Crippen LogP contribution in [0.4, 0.5) is 5.69 Å². The van der Waals surface area contributed by atoms with Gasteiger partial charge in [-0.05, 0) is 56.6 Å². The number of likely N-dealkylation sites (tertiary alicyclic amines) is 1. The second-order valence-corrected chi connectivity index (χ2v) is 6.23. The first kappa shape index (κ1) is 12.5. The molecule has 3 rings (SSSR count). The lowest BCUT2D eigenvalue weighted by Gasteiger charge is -2.38. The van der Waals surface area contributed by atoms with E-state index >= 15 is 0 Å². The Morgan fingerprint density at radius 1 is 1.32 bits per heavy atom. The molecular weight excluding hydrogens is 236 g/mol. The van der Waals surface area contributed by atoms with Gasteiger partial charge in [-0.15, -0.1) is 0 Å². The van der Waals surface area contributed by atoms with Crippen molar-refractivity contribution in [2.75, 3.05) is 25.9 Å². The summed E-state index contributed by atoms with van der Waals surface area (Å²) in [6, 6.07) is 5.98. The van der Waals surface area contributed by atoms with Crippen molar-refractivity contribution in [3.8, 4) is 0 Å². The summed E-state index contributed by atoms with van der Waals surface area (Å²) in [6.45, 7) is 5.82. The monoisotopic (exact) mass is 258 g/mol. The topological polar surface area (TPSA) is 47.1 Å². The zero-order valence-corrected chi connectivity index (χ0v) is 11.8. The van der Waals surface area contributed by atoms with Crippen LogP contribution in [0, 0.1) is 5.41 Å². The van der Waals surface area contributed by atoms with Gasteiger partial charge in [0.1, 0.15) is 0 Å². The van der Waals surface area contributed by atoms with Crippen molar-refractivity contribution < 1.29 is 0 Å². The standard InChI is InChI=1S/C15H22N4/c1-15(5-7-18(2)8-6-15)10-19-11-17-13-9-12(16)3-4-14(13)19/h3-4,9,11H,5-8,10,16H2,1-2H3. The predicted octanol–water partition coefficient (Wildman–Crippen LogP) is 2.35. The van der Waals surface area contributed by atoms with Crippen LogP contribution in [0.25, 0.3) is 11.0 Å². The largest absolute Gasteiger partial charge is 0.399 e. The van der Waals surface area contributed by atoms with E-state index in [9.17, 15) is 0 Å². The van der Waals surface area contributed by atoms with E-state index < -0.39 is 0 Å². The summed E-state index contributed by atoms with van der Waals surface area (Å²) in [7, 11) is 2.20. The number of fused-ring (bicyclic) bond motifs is 1. The number of nitrogens with zero attached hydrogens (tertiary/aromatic N) is 3. The fourth-order valence-electron chi connectivity index (χ4n) is 2.93. The maximum absolute atomic E-state index is 5.80. The number of benzene rings is 1. The van der Waals surface area contributed by atoms with Crippen LogP contribution in [0.3, 0.4) is 0 Å². The quantitative estimate of drug-likeness (QED) is 0.841. The van der Waals surface area contributed by atoms with Crippen LogP contribution in [-0.2, 0) is 6.54 Å². The Kier molecular flexibility index (Phi) is 2.97. The van der Waals surface area contributed by atoms with Gasteiger partial charge in [0.05, 0.1) is 17.4 Å². The number of hydrogen-bond acceptors (Lipinski definition) is 3. The minimum Gasteiger partial charge on any atom is -0.399 e. The van der Waals surface area contributed by atoms with E-state index in [0.29, 0.717) is 5.41 Å². The van der Waals surface area contributed by atoms with E-state index in [4.69, 9.17) is 5.73 Å². The van der Waals surface area contributed by atoms with Gasteiger partial charge in [0.25, 0.3) is 0 Å². The van der Waals surface area contributed by atoms with E-state index in [0.717, 1.165) is 17.7 Å². The van der Waals surface area contributed by atoms with Crippen LogP contribution in [0.2, 0.25) is 0 Å². The third-order valence-electron chi connectivity index (χ3n) is 4.39. The molecule has 4 nitrogen and oxygen atoms in total. The van der Waals surface area contributed by atoms with E-state index in [-0.39, 0.29) is 0 Å². The number of nitrogen functional groups attached to an aromatic ring is 1. The Labute approximate surface area is 114 Å². The fraction of sp³-hybridized carbons (Fsp3) is 0.533. The normalized spacial score (nSPS) is 19.9. The molecule has 1 aliphatic rings. The molecule has 2 aromatic rings. The van der Waals surface area contributed by atoms with Gasteiger partial charge >= 0.3 is 0 Å². The van der Waals surface area contributed by atoms with Crippen LogP contribution in [0.1, 0.15) is 19.8 Å². The highest BCUT2D eigenvalue weighted by Gasteiger charge is 2.29. The summed E-state index contributed by atoms with van der Waals surface area (Å²) in [5.41, 5.74) is 9.15. The van der Waals surface area contributed by atoms with Gasteiger partial charge in [0.2, 0.25) is 0 Å². The molecule has 102 valence electrons. The van der Waals surface area contributed by atoms with Gasteiger partial charge in [-0.3, -0.25) is 0 Å². The van der Waals surface area contributed by atoms with Crippen molar-refractivity contribution in [3.05, 3.63) is 24.5 Å². The molecule has 1 aliphatic heterocycles. The second kappa shape index (κ2) is 4.53. The van der Waals surface area contributed by atoms with Crippen molar-refractivity contribution >= 4 is 16.7 Å². The van der Waals surface area contributed by atoms with Gasteiger partial charge < -0.3 is 15.2 Å². The highest BCUT2D eigenvalue weighted by molar-refractivity contribution is 5.78. The molecule has 0 spiro atoms. The van der Waals surface area contributed by atoms with Crippen molar-refractivity contribution in [1.82, 2.24) is 14.5 Å². The van der Waals surface area contributed by atoms with Gasteiger partial charge in [-0.2, -0.15) is 0 Å². The SMILES string of the molecule is CN1CCC(C)(Cn2cnc3cc(N)ccc32)CC1. The van der Waals surface area contributed by atoms with E-state index in [2.05, 4.69) is 34.5 Å². The molecule has 2 heterocycles. The molecular formula is C15H22N4. The molecule has 0 unspecified atom stereocenters. The summed E-state index contributed by atoms with van der Waals surface area (Å²) in [6.07, 6.45) is 4.45. The van der Waals surface area contributed by atoms with Gasteiger partial charge in [0.15, 0.2) is 0 Å². The van der Waals surface area contributed by atoms with Crippen molar-refractivity contribution in [1.29, 1.82) is 0 Å². The first-order valence-electron chi connectivity index (χ1n) is 6.95. The van der Waals surface area contributed by atoms with Crippen LogP contribution >= 0.6 is 0 Å². The Bertz CT molecular complexity index is 579. The lowest BCUT2D eigenvalue weighted by atomic mass is 9.80. The molecule has 1 saturated heterocycles. The number of nitrogens with two attached hydrogens (primary N) is 1. The average Bonchev–Trinajstić information content (AvgIpc) is 2.76. The zero-order chi connectivity index (χ0) is 13.5. The fourth-order valence-corrected chi connectivity index (χ4v) is 2.93. The number of rotatable bonds is 2. The van der Waals surface area contributed by atoms with Gasteiger partial charge in [-0.1, -0.05) is 6.92 Å². The van der Waals surface area contributed by atoms with Crippen LogP contribution in [0.5, 0.6) is 0 Å². The summed E-state index contributed by atoms with van der Waals surface area (Å²) in [5.74, 6) is 0. The van der Waals surface area contributed by atoms with Crippen molar-refractivity contribution in [2.24, 2.45) is 5.41 Å². The minimum atomic E-state index is 0.377. The molecule has 0 radical (unpaired) electrons. The lowest BCUT2D eigenvalue weighted by Crippen LogP contribution is -2.38. The molecule has 1 fully saturated rings. The number of anilines is 1. The Hall–Kier alpha value is -1.55. The Morgan fingerprint density at radius 2 is 2.05 bits per heavy atom. The molecule has 0 atom stereocenters. The molecule has 1 aromatic carbocycles. The first-order valence-corrected chi connectivity index (χ1v) is 6.95. The van der Waals surface area contributed by atoms with E-state index in [1.165, 1.54) is 31.4 Å². The molecule has 0 bridgehead atoms. The third kappa shape index (κ3) is 2.45. The lowest BCUT2D eigenvalue weighted by molar-refractivity contribution is 0.122. The molecule has 0 saturated carbocycles. The summed E-state index contributed by atoms with van der Waals surface area (Å²) in [4.78, 5) is 6.87. The molecule has 0 aliphatic carbocycles. The zero-order valence-electron chi connectivity index (χ0n) is 11.8. The van der Waals surface area contributed by atoms with Crippen molar-refractivity contribution in [3.63, 3.8) is 0 Å². The predicted molar refractivity (Wildman–Crippen MR) is 79.0 cm³/mol. The number of imidazole rings is 1. The molecule has 2 N–H and O–H groups in total. The second-order valence-electron chi connectivity index (χ2n) is 6.23. The molecule has 1 aromatic heterocycles. The van der Waals surface area contributed by atoms with Gasteiger partial charge in [-0.25, -0.2) is 4.98 Å². The third-order valence-corrected chi connectivity index (χ3v) is 4.39. The first-order chi connectivity index (χ1) is 9.06. The maximum atomic E-state index is 5.80. The number of hydrogen-bond donors (Lipinski definition) is 1. The molecule has 0 amide bonds. The van der Waals surface area contributed by atoms with Crippen LogP contribution in [0.15, 0.2) is 24.5 Å². The number of piperidine rings is 1. The van der Waals surface area contributed by atoms with Crippen LogP contribution < -0.4 is 5.73 Å². The highest BCUT2D eigenvalue weighted by Crippen LogP contribution is 2.33. The molecule has 4 heteroatoms. The number of aromatic nitrogens is 2. The highest BCUT2D eigenvalue weighted by atomic mass is 15.1. The summed E-state index contributed by atoms with van der Waals surface area (Å²) >= 11 is 0. The maximum Gasteiger partial charge on any atom is 0.0958 e.